The summed E-state index contributed by atoms with van der Waals surface area (Å²) in [6.45, 7) is 11.7. The van der Waals surface area contributed by atoms with Gasteiger partial charge in [-0.1, -0.05) is 66.7 Å². The Kier molecular flexibility index (Phi) is 9.12. The molecule has 0 radical (unpaired) electrons. The zero-order chi connectivity index (χ0) is 14.9. The van der Waals surface area contributed by atoms with Crippen LogP contribution in [-0.4, -0.2) is 24.4 Å². The third kappa shape index (κ3) is 5.97. The van der Waals surface area contributed by atoms with E-state index in [0.717, 1.165) is 19.4 Å². The molecule has 0 aromatic heterocycles. The molecule has 19 heavy (non-hydrogen) atoms. The maximum Gasteiger partial charge on any atom is 0.228 e. The first kappa shape index (κ1) is 18.5. The van der Waals surface area contributed by atoms with Crippen LogP contribution >= 0.6 is 0 Å². The molecule has 0 aliphatic heterocycles. The van der Waals surface area contributed by atoms with Crippen molar-refractivity contribution >= 4 is 5.91 Å². The second-order valence-electron chi connectivity index (χ2n) is 6.42. The van der Waals surface area contributed by atoms with Crippen molar-refractivity contribution in [3.8, 4) is 0 Å². The Balaban J connectivity index is 4.06. The third-order valence-corrected chi connectivity index (χ3v) is 4.69. The van der Waals surface area contributed by atoms with Crippen LogP contribution in [0.3, 0.4) is 0 Å². The van der Waals surface area contributed by atoms with Crippen molar-refractivity contribution in [1.82, 2.24) is 4.90 Å². The molecule has 1 unspecified atom stereocenters. The maximum absolute atomic E-state index is 12.5. The minimum absolute atomic E-state index is 0.197. The summed E-state index contributed by atoms with van der Waals surface area (Å²) in [5.41, 5.74) is -0.197. The molecular weight excluding hydrogens is 234 g/mol. The van der Waals surface area contributed by atoms with Crippen molar-refractivity contribution in [3.63, 3.8) is 0 Å². The van der Waals surface area contributed by atoms with Gasteiger partial charge in [-0.05, 0) is 18.8 Å². The number of hydrogen-bond acceptors (Lipinski definition) is 1. The summed E-state index contributed by atoms with van der Waals surface area (Å²) < 4.78 is 0. The largest absolute Gasteiger partial charge is 0.345 e. The smallest absolute Gasteiger partial charge is 0.228 e. The summed E-state index contributed by atoms with van der Waals surface area (Å²) in [5.74, 6) is 0.718. The van der Waals surface area contributed by atoms with Crippen LogP contribution in [0.25, 0.3) is 0 Å². The molecule has 0 saturated heterocycles. The second kappa shape index (κ2) is 9.39. The molecule has 0 bridgehead atoms. The van der Waals surface area contributed by atoms with E-state index in [0.29, 0.717) is 11.8 Å². The van der Waals surface area contributed by atoms with E-state index in [9.17, 15) is 4.79 Å². The van der Waals surface area contributed by atoms with Gasteiger partial charge in [-0.3, -0.25) is 4.79 Å². The van der Waals surface area contributed by atoms with Gasteiger partial charge in [-0.2, -0.15) is 0 Å². The molecule has 0 aromatic rings. The summed E-state index contributed by atoms with van der Waals surface area (Å²) in [6.07, 6.45) is 8.60. The van der Waals surface area contributed by atoms with Gasteiger partial charge in [-0.15, -0.1) is 0 Å². The summed E-state index contributed by atoms with van der Waals surface area (Å²) in [4.78, 5) is 14.5. The van der Waals surface area contributed by atoms with E-state index in [4.69, 9.17) is 0 Å². The van der Waals surface area contributed by atoms with Gasteiger partial charge < -0.3 is 4.90 Å². The molecule has 1 amide bonds. The predicted molar refractivity (Wildman–Crippen MR) is 84.2 cm³/mol. The fourth-order valence-corrected chi connectivity index (χ4v) is 2.47. The first-order valence-corrected chi connectivity index (χ1v) is 8.15. The fraction of sp³-hybridized carbons (Fsp3) is 0.941. The van der Waals surface area contributed by atoms with Crippen molar-refractivity contribution in [2.24, 2.45) is 11.3 Å². The summed E-state index contributed by atoms with van der Waals surface area (Å²) in [5, 5.41) is 0. The van der Waals surface area contributed by atoms with Crippen LogP contribution in [-0.2, 0) is 4.79 Å². The zero-order valence-electron chi connectivity index (χ0n) is 14.1. The Bertz CT molecular complexity index is 250. The Morgan fingerprint density at radius 2 is 1.58 bits per heavy atom. The minimum Gasteiger partial charge on any atom is -0.345 e. The molecular formula is C17H35NO. The molecule has 0 aromatic carbocycles. The number of amides is 1. The predicted octanol–water partition coefficient (Wildman–Crippen LogP) is 4.88. The first-order valence-electron chi connectivity index (χ1n) is 8.15. The average molecular weight is 269 g/mol. The quantitative estimate of drug-likeness (QED) is 0.518. The summed E-state index contributed by atoms with van der Waals surface area (Å²) in [7, 11) is 1.96. The summed E-state index contributed by atoms with van der Waals surface area (Å²) >= 11 is 0. The van der Waals surface area contributed by atoms with Crippen LogP contribution in [0.5, 0.6) is 0 Å². The monoisotopic (exact) mass is 269 g/mol. The molecule has 2 heteroatoms. The van der Waals surface area contributed by atoms with E-state index in [1.54, 1.807) is 0 Å². The highest BCUT2D eigenvalue weighted by atomic mass is 16.2. The van der Waals surface area contributed by atoms with Crippen molar-refractivity contribution in [2.75, 3.05) is 13.6 Å². The Morgan fingerprint density at radius 1 is 1.05 bits per heavy atom. The second-order valence-corrected chi connectivity index (χ2v) is 6.42. The zero-order valence-corrected chi connectivity index (χ0v) is 14.1. The summed E-state index contributed by atoms with van der Waals surface area (Å²) in [6, 6.07) is 0. The lowest BCUT2D eigenvalue weighted by Crippen LogP contribution is -2.43. The van der Waals surface area contributed by atoms with E-state index < -0.39 is 0 Å². The van der Waals surface area contributed by atoms with Gasteiger partial charge in [0.2, 0.25) is 5.91 Å². The molecule has 0 spiro atoms. The highest BCUT2D eigenvalue weighted by Gasteiger charge is 2.36. The number of hydrogen-bond donors (Lipinski definition) is 0. The topological polar surface area (TPSA) is 20.3 Å². The Labute approximate surface area is 120 Å². The van der Waals surface area contributed by atoms with Crippen molar-refractivity contribution in [1.29, 1.82) is 0 Å². The average Bonchev–Trinajstić information content (AvgIpc) is 2.40. The van der Waals surface area contributed by atoms with E-state index in [1.165, 1.54) is 32.1 Å². The van der Waals surface area contributed by atoms with E-state index >= 15 is 0 Å². The highest BCUT2D eigenvalue weighted by Crippen LogP contribution is 2.32. The van der Waals surface area contributed by atoms with Crippen molar-refractivity contribution in [3.05, 3.63) is 0 Å². The maximum atomic E-state index is 12.5. The van der Waals surface area contributed by atoms with Crippen molar-refractivity contribution < 1.29 is 4.79 Å². The Hall–Kier alpha value is -0.530. The fourth-order valence-electron chi connectivity index (χ4n) is 2.47. The van der Waals surface area contributed by atoms with Gasteiger partial charge in [0.1, 0.15) is 0 Å². The normalized spacial score (nSPS) is 14.5. The van der Waals surface area contributed by atoms with Crippen LogP contribution in [0.4, 0.5) is 0 Å². The highest BCUT2D eigenvalue weighted by molar-refractivity contribution is 5.82. The Morgan fingerprint density at radius 3 is 2.05 bits per heavy atom. The molecule has 1 atom stereocenters. The molecule has 0 rings (SSSR count). The molecule has 0 aliphatic rings. The molecule has 0 aliphatic carbocycles. The molecule has 0 N–H and O–H groups in total. The minimum atomic E-state index is -0.197. The van der Waals surface area contributed by atoms with Gasteiger partial charge in [0.05, 0.1) is 0 Å². The van der Waals surface area contributed by atoms with Gasteiger partial charge in [-0.25, -0.2) is 0 Å². The van der Waals surface area contributed by atoms with E-state index in [-0.39, 0.29) is 5.41 Å². The standard InChI is InChI=1S/C17H35NO/c1-7-9-10-11-12-13-14-18(6)16(19)17(5,8-2)15(3)4/h15H,7-14H2,1-6H3. The molecule has 2 nitrogen and oxygen atoms in total. The lowest BCUT2D eigenvalue weighted by atomic mass is 9.75. The van der Waals surface area contributed by atoms with Gasteiger partial charge in [0, 0.05) is 19.0 Å². The van der Waals surface area contributed by atoms with Crippen LogP contribution < -0.4 is 0 Å². The number of carbonyl (C=O) groups is 1. The van der Waals surface area contributed by atoms with Crippen LogP contribution in [0.1, 0.15) is 79.6 Å². The number of rotatable bonds is 10. The van der Waals surface area contributed by atoms with Gasteiger partial charge >= 0.3 is 0 Å². The lowest BCUT2D eigenvalue weighted by Gasteiger charge is -2.35. The van der Waals surface area contributed by atoms with E-state index in [1.807, 2.05) is 11.9 Å². The van der Waals surface area contributed by atoms with Crippen LogP contribution in [0, 0.1) is 11.3 Å². The van der Waals surface area contributed by atoms with Crippen molar-refractivity contribution in [2.45, 2.75) is 79.6 Å². The van der Waals surface area contributed by atoms with E-state index in [2.05, 4.69) is 34.6 Å². The number of nitrogens with zero attached hydrogens (tertiary/aromatic N) is 1. The number of carbonyl (C=O) groups excluding carboxylic acids is 1. The number of unbranched alkanes of at least 4 members (excludes halogenated alkanes) is 5. The van der Waals surface area contributed by atoms with Crippen LogP contribution in [0.2, 0.25) is 0 Å². The molecule has 114 valence electrons. The molecule has 0 fully saturated rings. The van der Waals surface area contributed by atoms with Gasteiger partial charge in [0.15, 0.2) is 0 Å². The molecule has 0 heterocycles. The SMILES string of the molecule is CCCCCCCCN(C)C(=O)C(C)(CC)C(C)C. The van der Waals surface area contributed by atoms with Gasteiger partial charge in [0.25, 0.3) is 0 Å². The van der Waals surface area contributed by atoms with Crippen LogP contribution in [0.15, 0.2) is 0 Å². The third-order valence-electron chi connectivity index (χ3n) is 4.69. The lowest BCUT2D eigenvalue weighted by molar-refractivity contribution is -0.142. The first-order chi connectivity index (χ1) is 8.90. The molecule has 0 saturated carbocycles.